The van der Waals surface area contributed by atoms with Crippen LogP contribution >= 0.6 is 0 Å². The van der Waals surface area contributed by atoms with E-state index in [1.165, 1.54) is 6.92 Å². The molecule has 0 bridgehead atoms. The number of carbonyl (C=O) groups is 3. The van der Waals surface area contributed by atoms with E-state index in [1.54, 1.807) is 19.1 Å². The summed E-state index contributed by atoms with van der Waals surface area (Å²) < 4.78 is 5.78. The summed E-state index contributed by atoms with van der Waals surface area (Å²) in [6, 6.07) is 0. The minimum absolute atomic E-state index is 0.0316. The molecular weight excluding hydrogens is 340 g/mol. The summed E-state index contributed by atoms with van der Waals surface area (Å²) >= 11 is 0. The maximum Gasteiger partial charge on any atom is 0.303 e. The predicted molar refractivity (Wildman–Crippen MR) is 102 cm³/mol. The predicted octanol–water partition coefficient (Wildman–Crippen LogP) is 3.96. The quantitative estimate of drug-likeness (QED) is 0.692. The molecular formula is C23H28O4. The average Bonchev–Trinajstić information content (AvgIpc) is 2.89. The topological polar surface area (TPSA) is 60.4 Å². The molecule has 4 aliphatic rings. The monoisotopic (exact) mass is 368 g/mol. The van der Waals surface area contributed by atoms with Gasteiger partial charge in [-0.2, -0.15) is 0 Å². The number of ketones is 2. The van der Waals surface area contributed by atoms with Crippen LogP contribution < -0.4 is 0 Å². The fourth-order valence-electron chi connectivity index (χ4n) is 6.71. The third kappa shape index (κ3) is 2.31. The molecule has 0 unspecified atom stereocenters. The smallest absolute Gasteiger partial charge is 0.303 e. The number of esters is 1. The molecule has 4 rings (SSSR count). The molecule has 0 aliphatic heterocycles. The Morgan fingerprint density at radius 2 is 1.78 bits per heavy atom. The molecule has 0 N–H and O–H groups in total. The Hall–Kier alpha value is -1.97. The Balaban J connectivity index is 1.76. The van der Waals surface area contributed by atoms with E-state index in [4.69, 9.17) is 4.74 Å². The summed E-state index contributed by atoms with van der Waals surface area (Å²) in [6.45, 7) is 7.34. The lowest BCUT2D eigenvalue weighted by Gasteiger charge is -2.56. The third-order valence-electron chi connectivity index (χ3n) is 8.12. The van der Waals surface area contributed by atoms with Crippen LogP contribution in [0, 0.1) is 28.6 Å². The van der Waals surface area contributed by atoms with Gasteiger partial charge in [0.2, 0.25) is 0 Å². The molecule has 144 valence electrons. The highest BCUT2D eigenvalue weighted by atomic mass is 16.6. The Bertz CT molecular complexity index is 818. The lowest BCUT2D eigenvalue weighted by Crippen LogP contribution is -2.57. The second-order valence-corrected chi connectivity index (χ2v) is 9.24. The van der Waals surface area contributed by atoms with Gasteiger partial charge in [0.25, 0.3) is 0 Å². The zero-order valence-electron chi connectivity index (χ0n) is 16.6. The van der Waals surface area contributed by atoms with E-state index in [2.05, 4.69) is 32.1 Å². The number of ether oxygens (including phenoxy) is 1. The first-order valence-electron chi connectivity index (χ1n) is 9.98. The molecule has 0 amide bonds. The van der Waals surface area contributed by atoms with E-state index in [9.17, 15) is 14.4 Å². The van der Waals surface area contributed by atoms with E-state index in [-0.39, 0.29) is 28.4 Å². The van der Waals surface area contributed by atoms with Crippen LogP contribution in [0.3, 0.4) is 0 Å². The number of hydrogen-bond acceptors (Lipinski definition) is 4. The Morgan fingerprint density at radius 1 is 1.07 bits per heavy atom. The van der Waals surface area contributed by atoms with Crippen LogP contribution in [0.15, 0.2) is 36.0 Å². The fraction of sp³-hybridized carbons (Fsp3) is 0.609. The number of carbonyl (C=O) groups excluding carboxylic acids is 3. The summed E-state index contributed by atoms with van der Waals surface area (Å²) in [7, 11) is 0. The van der Waals surface area contributed by atoms with Gasteiger partial charge in [-0.25, -0.2) is 0 Å². The number of rotatable bonds is 2. The van der Waals surface area contributed by atoms with Crippen molar-refractivity contribution in [3.05, 3.63) is 36.0 Å². The van der Waals surface area contributed by atoms with Gasteiger partial charge in [0.05, 0.1) is 0 Å². The summed E-state index contributed by atoms with van der Waals surface area (Å²) in [4.78, 5) is 36.4. The molecule has 0 radical (unpaired) electrons. The number of allylic oxidation sites excluding steroid dienone is 6. The SMILES string of the molecule is CC(=O)O[C@]1(C(C)=O)CC[C@H]2[C@H]3C=CC4=CC(=O)C=C[C@@]4(C)[C@@H]3CC[C@]21C. The summed E-state index contributed by atoms with van der Waals surface area (Å²) in [6.07, 6.45) is 13.2. The van der Waals surface area contributed by atoms with Crippen LogP contribution in [0.25, 0.3) is 0 Å². The number of Topliss-reactive ketones (excluding diaryl/α,β-unsaturated/α-hetero) is 1. The molecule has 0 aromatic carbocycles. The highest BCUT2D eigenvalue weighted by Crippen LogP contribution is 2.66. The van der Waals surface area contributed by atoms with Gasteiger partial charge in [-0.3, -0.25) is 14.4 Å². The first kappa shape index (κ1) is 18.4. The first-order valence-corrected chi connectivity index (χ1v) is 9.98. The lowest BCUT2D eigenvalue weighted by molar-refractivity contribution is -0.184. The van der Waals surface area contributed by atoms with Gasteiger partial charge in [-0.05, 0) is 68.1 Å². The van der Waals surface area contributed by atoms with Gasteiger partial charge in [0.15, 0.2) is 17.2 Å². The maximum atomic E-state index is 12.7. The molecule has 0 heterocycles. The van der Waals surface area contributed by atoms with Crippen molar-refractivity contribution in [3.63, 3.8) is 0 Å². The molecule has 4 aliphatic carbocycles. The van der Waals surface area contributed by atoms with Crippen LogP contribution in [0.5, 0.6) is 0 Å². The second kappa shape index (κ2) is 5.76. The lowest BCUT2D eigenvalue weighted by atomic mass is 9.49. The van der Waals surface area contributed by atoms with Crippen molar-refractivity contribution in [2.24, 2.45) is 28.6 Å². The molecule has 27 heavy (non-hydrogen) atoms. The standard InChI is InChI=1S/C23H28O4/c1-14(24)23(27-15(2)25)12-9-20-18-6-5-16-13-17(26)7-10-21(16,3)19(18)8-11-22(20,23)4/h5-7,10,13,18-20H,8-9,11-12H2,1-4H3/t18-,19+,20-,21+,22+,23-/m0/s1. The maximum absolute atomic E-state index is 12.7. The summed E-state index contributed by atoms with van der Waals surface area (Å²) in [5.41, 5.74) is -0.396. The largest absolute Gasteiger partial charge is 0.451 e. The molecule has 0 spiro atoms. The van der Waals surface area contributed by atoms with Gasteiger partial charge >= 0.3 is 5.97 Å². The van der Waals surface area contributed by atoms with E-state index in [0.717, 1.165) is 24.8 Å². The Morgan fingerprint density at radius 3 is 2.44 bits per heavy atom. The zero-order chi connectivity index (χ0) is 19.6. The Labute approximate surface area is 160 Å². The van der Waals surface area contributed by atoms with Gasteiger partial charge in [-0.1, -0.05) is 32.1 Å². The summed E-state index contributed by atoms with van der Waals surface area (Å²) in [5.74, 6) is 0.657. The second-order valence-electron chi connectivity index (χ2n) is 9.24. The van der Waals surface area contributed by atoms with Crippen molar-refractivity contribution < 1.29 is 19.1 Å². The fourth-order valence-corrected chi connectivity index (χ4v) is 6.71. The summed E-state index contributed by atoms with van der Waals surface area (Å²) in [5, 5.41) is 0. The first-order chi connectivity index (χ1) is 12.6. The highest BCUT2D eigenvalue weighted by molar-refractivity contribution is 6.01. The zero-order valence-corrected chi connectivity index (χ0v) is 16.6. The van der Waals surface area contributed by atoms with Crippen molar-refractivity contribution in [2.75, 3.05) is 0 Å². The van der Waals surface area contributed by atoms with Crippen molar-refractivity contribution in [1.29, 1.82) is 0 Å². The van der Waals surface area contributed by atoms with Crippen LogP contribution in [-0.4, -0.2) is 23.1 Å². The van der Waals surface area contributed by atoms with Crippen LogP contribution in [0.4, 0.5) is 0 Å². The Kier molecular flexibility index (Phi) is 3.93. The molecule has 4 nitrogen and oxygen atoms in total. The van der Waals surface area contributed by atoms with E-state index < -0.39 is 5.60 Å². The number of fused-ring (bicyclic) bond motifs is 5. The normalized spacial score (nSPS) is 44.8. The van der Waals surface area contributed by atoms with E-state index >= 15 is 0 Å². The molecule has 0 aromatic rings. The van der Waals surface area contributed by atoms with Crippen molar-refractivity contribution in [2.45, 2.75) is 59.0 Å². The van der Waals surface area contributed by atoms with Gasteiger partial charge < -0.3 is 4.74 Å². The van der Waals surface area contributed by atoms with Gasteiger partial charge in [0.1, 0.15) is 0 Å². The minimum atomic E-state index is -1.00. The van der Waals surface area contributed by atoms with Crippen LogP contribution in [-0.2, 0) is 19.1 Å². The molecule has 4 heteroatoms. The van der Waals surface area contributed by atoms with Crippen LogP contribution in [0.2, 0.25) is 0 Å². The van der Waals surface area contributed by atoms with Crippen molar-refractivity contribution in [1.82, 2.24) is 0 Å². The van der Waals surface area contributed by atoms with E-state index in [0.29, 0.717) is 24.2 Å². The number of hydrogen-bond donors (Lipinski definition) is 0. The minimum Gasteiger partial charge on any atom is -0.451 e. The molecule has 0 aromatic heterocycles. The van der Waals surface area contributed by atoms with Gasteiger partial charge in [0, 0.05) is 17.8 Å². The van der Waals surface area contributed by atoms with E-state index in [1.807, 2.05) is 0 Å². The molecule has 6 atom stereocenters. The van der Waals surface area contributed by atoms with Crippen molar-refractivity contribution >= 4 is 17.5 Å². The third-order valence-corrected chi connectivity index (χ3v) is 8.12. The molecule has 2 fully saturated rings. The highest BCUT2D eigenvalue weighted by Gasteiger charge is 2.67. The molecule has 0 saturated heterocycles. The average molecular weight is 368 g/mol. The van der Waals surface area contributed by atoms with Crippen LogP contribution in [0.1, 0.15) is 53.4 Å². The van der Waals surface area contributed by atoms with Gasteiger partial charge in [-0.15, -0.1) is 0 Å². The molecule has 2 saturated carbocycles. The van der Waals surface area contributed by atoms with Crippen molar-refractivity contribution in [3.8, 4) is 0 Å².